The predicted molar refractivity (Wildman–Crippen MR) is 122 cm³/mol. The SMILES string of the molecule is Cc1ccccc1-n1c(=O)c2ccccc2n2c(SCC(=O)N3CCCCC3)nnc12. The van der Waals surface area contributed by atoms with Crippen molar-refractivity contribution >= 4 is 34.3 Å². The van der Waals surface area contributed by atoms with Crippen molar-refractivity contribution < 1.29 is 4.79 Å². The van der Waals surface area contributed by atoms with Crippen LogP contribution in [0.2, 0.25) is 0 Å². The fourth-order valence-corrected chi connectivity index (χ4v) is 5.01. The Morgan fingerprint density at radius 1 is 1.00 bits per heavy atom. The number of carbonyl (C=O) groups excluding carboxylic acids is 1. The molecule has 1 fully saturated rings. The lowest BCUT2D eigenvalue weighted by Gasteiger charge is -2.26. The predicted octanol–water partition coefficient (Wildman–Crippen LogP) is 3.45. The lowest BCUT2D eigenvalue weighted by Crippen LogP contribution is -2.36. The molecule has 31 heavy (non-hydrogen) atoms. The van der Waals surface area contributed by atoms with E-state index in [1.54, 1.807) is 4.57 Å². The summed E-state index contributed by atoms with van der Waals surface area (Å²) in [6.07, 6.45) is 3.32. The average Bonchev–Trinajstić information content (AvgIpc) is 3.23. The molecule has 4 aromatic rings. The number of piperidine rings is 1. The maximum absolute atomic E-state index is 13.4. The summed E-state index contributed by atoms with van der Waals surface area (Å²) < 4.78 is 3.50. The van der Waals surface area contributed by atoms with Gasteiger partial charge in [0, 0.05) is 13.1 Å². The smallest absolute Gasteiger partial charge is 0.267 e. The first kappa shape index (κ1) is 19.8. The number of hydrogen-bond acceptors (Lipinski definition) is 5. The zero-order valence-corrected chi connectivity index (χ0v) is 18.1. The summed E-state index contributed by atoms with van der Waals surface area (Å²) >= 11 is 1.37. The van der Waals surface area contributed by atoms with Crippen LogP contribution >= 0.6 is 11.8 Å². The third-order valence-corrected chi connectivity index (χ3v) is 6.70. The number of likely N-dealkylation sites (tertiary alicyclic amines) is 1. The van der Waals surface area contributed by atoms with Crippen molar-refractivity contribution in [2.45, 2.75) is 31.3 Å². The Morgan fingerprint density at radius 2 is 1.74 bits per heavy atom. The first-order valence-electron chi connectivity index (χ1n) is 10.5. The van der Waals surface area contributed by atoms with Crippen LogP contribution in [0.15, 0.2) is 58.5 Å². The first-order valence-corrected chi connectivity index (χ1v) is 11.5. The van der Waals surface area contributed by atoms with Crippen molar-refractivity contribution in [3.8, 4) is 5.69 Å². The summed E-state index contributed by atoms with van der Waals surface area (Å²) in [5, 5.41) is 9.93. The van der Waals surface area contributed by atoms with Crippen LogP contribution < -0.4 is 5.56 Å². The van der Waals surface area contributed by atoms with Crippen molar-refractivity contribution in [2.75, 3.05) is 18.8 Å². The Morgan fingerprint density at radius 3 is 2.55 bits per heavy atom. The van der Waals surface area contributed by atoms with Gasteiger partial charge in [0.2, 0.25) is 11.7 Å². The quantitative estimate of drug-likeness (QED) is 0.461. The monoisotopic (exact) mass is 433 g/mol. The highest BCUT2D eigenvalue weighted by Gasteiger charge is 2.21. The molecular formula is C23H23N5O2S. The molecular weight excluding hydrogens is 410 g/mol. The molecule has 0 bridgehead atoms. The van der Waals surface area contributed by atoms with Gasteiger partial charge in [-0.3, -0.25) is 14.0 Å². The molecule has 2 aromatic heterocycles. The number of rotatable bonds is 4. The van der Waals surface area contributed by atoms with Crippen LogP contribution in [0.3, 0.4) is 0 Å². The fraction of sp³-hybridized carbons (Fsp3) is 0.304. The lowest BCUT2D eigenvalue weighted by molar-refractivity contribution is -0.129. The zero-order valence-electron chi connectivity index (χ0n) is 17.3. The van der Waals surface area contributed by atoms with E-state index in [0.717, 1.165) is 42.7 Å². The highest BCUT2D eigenvalue weighted by molar-refractivity contribution is 7.99. The Hall–Kier alpha value is -3.13. The number of hydrogen-bond donors (Lipinski definition) is 0. The number of benzene rings is 2. The van der Waals surface area contributed by atoms with Gasteiger partial charge < -0.3 is 4.90 Å². The minimum Gasteiger partial charge on any atom is -0.342 e. The van der Waals surface area contributed by atoms with Crippen molar-refractivity contribution in [3.05, 3.63) is 64.4 Å². The van der Waals surface area contributed by atoms with Crippen LogP contribution in [0, 0.1) is 6.92 Å². The van der Waals surface area contributed by atoms with E-state index in [1.807, 2.05) is 64.8 Å². The molecule has 0 radical (unpaired) electrons. The van der Waals surface area contributed by atoms with Crippen molar-refractivity contribution in [1.82, 2.24) is 24.1 Å². The van der Waals surface area contributed by atoms with Gasteiger partial charge in [0.05, 0.1) is 22.3 Å². The van der Waals surface area contributed by atoms with E-state index in [9.17, 15) is 9.59 Å². The number of thioether (sulfide) groups is 1. The standard InChI is InChI=1S/C23H23N5O2S/c1-16-9-3-5-11-18(16)27-21(30)17-10-4-6-12-19(17)28-22(27)24-25-23(28)31-15-20(29)26-13-7-2-8-14-26/h3-6,9-12H,2,7-8,13-15H2,1H3. The second-order valence-electron chi connectivity index (χ2n) is 7.79. The molecule has 8 heteroatoms. The summed E-state index contributed by atoms with van der Waals surface area (Å²) in [7, 11) is 0. The van der Waals surface area contributed by atoms with Crippen molar-refractivity contribution in [2.24, 2.45) is 0 Å². The molecule has 0 aliphatic carbocycles. The van der Waals surface area contributed by atoms with Gasteiger partial charge in [-0.2, -0.15) is 0 Å². The number of aryl methyl sites for hydroxylation is 1. The highest BCUT2D eigenvalue weighted by Crippen LogP contribution is 2.24. The van der Waals surface area contributed by atoms with Crippen LogP contribution in [0.5, 0.6) is 0 Å². The van der Waals surface area contributed by atoms with E-state index in [-0.39, 0.29) is 11.5 Å². The Bertz CT molecular complexity index is 1340. The van der Waals surface area contributed by atoms with Crippen LogP contribution in [-0.4, -0.2) is 48.8 Å². The number of fused-ring (bicyclic) bond motifs is 3. The molecule has 5 rings (SSSR count). The van der Waals surface area contributed by atoms with Gasteiger partial charge in [0.15, 0.2) is 5.16 Å². The Kier molecular flexibility index (Phi) is 5.23. The normalized spacial score (nSPS) is 14.4. The molecule has 2 aromatic carbocycles. The molecule has 0 spiro atoms. The second kappa shape index (κ2) is 8.19. The van der Waals surface area contributed by atoms with Crippen LogP contribution in [0.1, 0.15) is 24.8 Å². The van der Waals surface area contributed by atoms with Gasteiger partial charge in [-0.15, -0.1) is 10.2 Å². The number of carbonyl (C=O) groups is 1. The Labute approximate surface area is 183 Å². The molecule has 158 valence electrons. The molecule has 3 heterocycles. The minimum atomic E-state index is -0.134. The van der Waals surface area contributed by atoms with Crippen molar-refractivity contribution in [3.63, 3.8) is 0 Å². The van der Waals surface area contributed by atoms with Gasteiger partial charge in [0.1, 0.15) is 0 Å². The summed E-state index contributed by atoms with van der Waals surface area (Å²) in [5.41, 5.74) is 2.35. The van der Waals surface area contributed by atoms with Gasteiger partial charge >= 0.3 is 0 Å². The van der Waals surface area contributed by atoms with Gasteiger partial charge in [-0.25, -0.2) is 4.57 Å². The molecule has 1 aliphatic heterocycles. The fourth-order valence-electron chi connectivity index (χ4n) is 4.16. The third kappa shape index (κ3) is 3.50. The molecule has 0 N–H and O–H groups in total. The maximum atomic E-state index is 13.4. The number of para-hydroxylation sites is 2. The number of aromatic nitrogens is 4. The number of amides is 1. The summed E-state index contributed by atoms with van der Waals surface area (Å²) in [6.45, 7) is 3.63. The van der Waals surface area contributed by atoms with E-state index >= 15 is 0 Å². The summed E-state index contributed by atoms with van der Waals surface area (Å²) in [5.74, 6) is 0.877. The van der Waals surface area contributed by atoms with Crippen molar-refractivity contribution in [1.29, 1.82) is 0 Å². The molecule has 7 nitrogen and oxygen atoms in total. The molecule has 0 saturated carbocycles. The van der Waals surface area contributed by atoms with E-state index in [1.165, 1.54) is 18.2 Å². The van der Waals surface area contributed by atoms with Crippen LogP contribution in [0.25, 0.3) is 22.4 Å². The highest BCUT2D eigenvalue weighted by atomic mass is 32.2. The largest absolute Gasteiger partial charge is 0.342 e. The third-order valence-electron chi connectivity index (χ3n) is 5.78. The van der Waals surface area contributed by atoms with Crippen LogP contribution in [0.4, 0.5) is 0 Å². The molecule has 0 atom stereocenters. The van der Waals surface area contributed by atoms with E-state index in [0.29, 0.717) is 22.1 Å². The van der Waals surface area contributed by atoms with Gasteiger partial charge in [0.25, 0.3) is 5.56 Å². The molecule has 0 unspecified atom stereocenters. The number of nitrogens with zero attached hydrogens (tertiary/aromatic N) is 5. The second-order valence-corrected chi connectivity index (χ2v) is 8.73. The lowest BCUT2D eigenvalue weighted by atomic mass is 10.1. The van der Waals surface area contributed by atoms with Gasteiger partial charge in [-0.05, 0) is 49.9 Å². The topological polar surface area (TPSA) is 72.5 Å². The first-order chi connectivity index (χ1) is 15.1. The summed E-state index contributed by atoms with van der Waals surface area (Å²) in [6, 6.07) is 15.2. The van der Waals surface area contributed by atoms with E-state index in [4.69, 9.17) is 0 Å². The summed E-state index contributed by atoms with van der Waals surface area (Å²) in [4.78, 5) is 28.0. The molecule has 1 saturated heterocycles. The van der Waals surface area contributed by atoms with Gasteiger partial charge in [-0.1, -0.05) is 42.1 Å². The van der Waals surface area contributed by atoms with Crippen LogP contribution in [-0.2, 0) is 4.79 Å². The Balaban J connectivity index is 1.62. The molecule has 1 aliphatic rings. The molecule has 1 amide bonds. The zero-order chi connectivity index (χ0) is 21.4. The maximum Gasteiger partial charge on any atom is 0.267 e. The van der Waals surface area contributed by atoms with E-state index < -0.39 is 0 Å². The average molecular weight is 434 g/mol. The minimum absolute atomic E-state index is 0.123. The van der Waals surface area contributed by atoms with E-state index in [2.05, 4.69) is 10.2 Å².